The highest BCUT2D eigenvalue weighted by Gasteiger charge is 2.23. The Bertz CT molecular complexity index is 461. The van der Waals surface area contributed by atoms with Crippen LogP contribution >= 0.6 is 0 Å². The smallest absolute Gasteiger partial charge is 0.317 e. The quantitative estimate of drug-likeness (QED) is 0.860. The molecule has 0 amide bonds. The highest BCUT2D eigenvalue weighted by atomic mass is 16.5. The van der Waals surface area contributed by atoms with Crippen molar-refractivity contribution in [3.05, 3.63) is 54.5 Å². The Morgan fingerprint density at radius 3 is 2.59 bits per heavy atom. The largest absolute Gasteiger partial charge is 0.492 e. The van der Waals surface area contributed by atoms with E-state index in [1.54, 1.807) is 24.3 Å². The number of rotatable bonds is 5. The maximum Gasteiger partial charge on any atom is 0.317 e. The molecule has 2 rings (SSSR count). The molecule has 0 aliphatic carbocycles. The topological polar surface area (TPSA) is 59.7 Å². The summed E-state index contributed by atoms with van der Waals surface area (Å²) >= 11 is 0. The number of aliphatic carboxylic acids is 1. The van der Waals surface area contributed by atoms with Crippen LogP contribution in [0.1, 0.15) is 11.7 Å². The Morgan fingerprint density at radius 2 is 2.00 bits per heavy atom. The van der Waals surface area contributed by atoms with Gasteiger partial charge < -0.3 is 14.3 Å². The van der Waals surface area contributed by atoms with E-state index >= 15 is 0 Å². The molecule has 2 aromatic rings. The molecule has 1 aromatic carbocycles. The fraction of sp³-hybridized carbons (Fsp3) is 0.154. The van der Waals surface area contributed by atoms with Gasteiger partial charge in [-0.25, -0.2) is 0 Å². The van der Waals surface area contributed by atoms with Crippen LogP contribution in [0, 0.1) is 0 Å². The van der Waals surface area contributed by atoms with Gasteiger partial charge in [-0.2, -0.15) is 0 Å². The van der Waals surface area contributed by atoms with Gasteiger partial charge in [0.2, 0.25) is 0 Å². The third-order valence-electron chi connectivity index (χ3n) is 2.34. The first-order valence-electron chi connectivity index (χ1n) is 5.21. The fourth-order valence-corrected chi connectivity index (χ4v) is 1.46. The molecule has 1 unspecified atom stereocenters. The van der Waals surface area contributed by atoms with Crippen molar-refractivity contribution in [3.8, 4) is 5.75 Å². The van der Waals surface area contributed by atoms with Crippen LogP contribution in [0.2, 0.25) is 0 Å². The lowest BCUT2D eigenvalue weighted by Gasteiger charge is -2.11. The van der Waals surface area contributed by atoms with Crippen molar-refractivity contribution in [3.63, 3.8) is 0 Å². The van der Waals surface area contributed by atoms with E-state index in [2.05, 4.69) is 0 Å². The molecule has 1 aromatic heterocycles. The van der Waals surface area contributed by atoms with E-state index < -0.39 is 11.9 Å². The first-order valence-corrected chi connectivity index (χ1v) is 5.21. The second-order valence-corrected chi connectivity index (χ2v) is 3.53. The molecule has 0 aliphatic heterocycles. The van der Waals surface area contributed by atoms with Gasteiger partial charge in [-0.05, 0) is 24.3 Å². The van der Waals surface area contributed by atoms with Gasteiger partial charge in [0.1, 0.15) is 24.0 Å². The predicted octanol–water partition coefficient (Wildman–Crippen LogP) is 2.53. The van der Waals surface area contributed by atoms with Gasteiger partial charge in [-0.3, -0.25) is 4.79 Å². The van der Waals surface area contributed by atoms with Gasteiger partial charge in [0.25, 0.3) is 0 Å². The van der Waals surface area contributed by atoms with Gasteiger partial charge in [0.15, 0.2) is 0 Å². The standard InChI is InChI=1S/C13H12O4/c14-13(15)11(12-7-4-8-16-12)9-17-10-5-2-1-3-6-10/h1-8,11H,9H2,(H,14,15). The average Bonchev–Trinajstić information content (AvgIpc) is 2.84. The number of carbonyl (C=O) groups is 1. The molecular formula is C13H12O4. The summed E-state index contributed by atoms with van der Waals surface area (Å²) in [6.45, 7) is 0.0485. The Kier molecular flexibility index (Phi) is 3.45. The van der Waals surface area contributed by atoms with Gasteiger partial charge in [-0.15, -0.1) is 0 Å². The van der Waals surface area contributed by atoms with Crippen molar-refractivity contribution in [2.45, 2.75) is 5.92 Å². The summed E-state index contributed by atoms with van der Waals surface area (Å²) in [4.78, 5) is 11.1. The maximum atomic E-state index is 11.1. The van der Waals surface area contributed by atoms with Gasteiger partial charge in [-0.1, -0.05) is 18.2 Å². The van der Waals surface area contributed by atoms with Gasteiger partial charge in [0.05, 0.1) is 6.26 Å². The van der Waals surface area contributed by atoms with Crippen molar-refractivity contribution in [1.82, 2.24) is 0 Å². The molecule has 0 radical (unpaired) electrons. The van der Waals surface area contributed by atoms with Gasteiger partial charge >= 0.3 is 5.97 Å². The normalized spacial score (nSPS) is 12.0. The molecule has 0 saturated heterocycles. The van der Waals surface area contributed by atoms with E-state index in [-0.39, 0.29) is 6.61 Å². The molecule has 1 atom stereocenters. The van der Waals surface area contributed by atoms with Crippen molar-refractivity contribution < 1.29 is 19.1 Å². The monoisotopic (exact) mass is 232 g/mol. The molecule has 0 bridgehead atoms. The minimum Gasteiger partial charge on any atom is -0.492 e. The SMILES string of the molecule is O=C(O)C(COc1ccccc1)c1ccco1. The number of furan rings is 1. The molecule has 88 valence electrons. The third-order valence-corrected chi connectivity index (χ3v) is 2.34. The molecular weight excluding hydrogens is 220 g/mol. The summed E-state index contributed by atoms with van der Waals surface area (Å²) in [7, 11) is 0. The van der Waals surface area contributed by atoms with Crippen LogP contribution in [0.3, 0.4) is 0 Å². The first-order chi connectivity index (χ1) is 8.27. The van der Waals surface area contributed by atoms with E-state index in [1.165, 1.54) is 6.26 Å². The first kappa shape index (κ1) is 11.3. The lowest BCUT2D eigenvalue weighted by molar-refractivity contribution is -0.140. The van der Waals surface area contributed by atoms with E-state index in [1.807, 2.05) is 18.2 Å². The minimum atomic E-state index is -0.962. The molecule has 1 heterocycles. The third kappa shape index (κ3) is 2.87. The number of para-hydroxylation sites is 1. The average molecular weight is 232 g/mol. The Balaban J connectivity index is 2.03. The van der Waals surface area contributed by atoms with Crippen molar-refractivity contribution >= 4 is 5.97 Å². The van der Waals surface area contributed by atoms with Crippen molar-refractivity contribution in [1.29, 1.82) is 0 Å². The van der Waals surface area contributed by atoms with Crippen LogP contribution in [0.4, 0.5) is 0 Å². The number of hydrogen-bond acceptors (Lipinski definition) is 3. The highest BCUT2D eigenvalue weighted by Crippen LogP contribution is 2.19. The number of benzene rings is 1. The molecule has 1 N–H and O–H groups in total. The molecule has 4 heteroatoms. The molecule has 0 saturated carbocycles. The van der Waals surface area contributed by atoms with E-state index in [0.717, 1.165) is 0 Å². The summed E-state index contributed by atoms with van der Waals surface area (Å²) in [5.74, 6) is -0.708. The van der Waals surface area contributed by atoms with E-state index in [0.29, 0.717) is 11.5 Å². The summed E-state index contributed by atoms with van der Waals surface area (Å²) in [5.41, 5.74) is 0. The number of carboxylic acid groups (broad SMARTS) is 1. The second kappa shape index (κ2) is 5.21. The lowest BCUT2D eigenvalue weighted by Crippen LogP contribution is -2.18. The van der Waals surface area contributed by atoms with E-state index in [9.17, 15) is 4.79 Å². The summed E-state index contributed by atoms with van der Waals surface area (Å²) < 4.78 is 10.5. The predicted molar refractivity (Wildman–Crippen MR) is 61.0 cm³/mol. The van der Waals surface area contributed by atoms with Crippen LogP contribution in [0.15, 0.2) is 53.1 Å². The van der Waals surface area contributed by atoms with E-state index in [4.69, 9.17) is 14.3 Å². The molecule has 0 spiro atoms. The number of hydrogen-bond donors (Lipinski definition) is 1. The number of carboxylic acids is 1. The van der Waals surface area contributed by atoms with Crippen LogP contribution < -0.4 is 4.74 Å². The van der Waals surface area contributed by atoms with Gasteiger partial charge in [0, 0.05) is 0 Å². The zero-order valence-electron chi connectivity index (χ0n) is 9.08. The summed E-state index contributed by atoms with van der Waals surface area (Å²) in [6, 6.07) is 12.4. The second-order valence-electron chi connectivity index (χ2n) is 3.53. The maximum absolute atomic E-state index is 11.1. The van der Waals surface area contributed by atoms with Crippen LogP contribution in [-0.2, 0) is 4.79 Å². The zero-order valence-corrected chi connectivity index (χ0v) is 9.08. The summed E-state index contributed by atoms with van der Waals surface area (Å²) in [5, 5.41) is 9.08. The molecule has 0 aliphatic rings. The molecule has 4 nitrogen and oxygen atoms in total. The highest BCUT2D eigenvalue weighted by molar-refractivity contribution is 5.75. The van der Waals surface area contributed by atoms with Crippen molar-refractivity contribution in [2.24, 2.45) is 0 Å². The fourth-order valence-electron chi connectivity index (χ4n) is 1.46. The molecule has 17 heavy (non-hydrogen) atoms. The lowest BCUT2D eigenvalue weighted by atomic mass is 10.1. The van der Waals surface area contributed by atoms with Crippen LogP contribution in [-0.4, -0.2) is 17.7 Å². The van der Waals surface area contributed by atoms with Crippen LogP contribution in [0.25, 0.3) is 0 Å². The number of ether oxygens (including phenoxy) is 1. The Hall–Kier alpha value is -2.23. The molecule has 0 fully saturated rings. The Labute approximate surface area is 98.4 Å². The zero-order chi connectivity index (χ0) is 12.1. The summed E-state index contributed by atoms with van der Waals surface area (Å²) in [6.07, 6.45) is 1.45. The Morgan fingerprint density at radius 1 is 1.24 bits per heavy atom. The van der Waals surface area contributed by atoms with Crippen molar-refractivity contribution in [2.75, 3.05) is 6.61 Å². The van der Waals surface area contributed by atoms with Crippen LogP contribution in [0.5, 0.6) is 5.75 Å². The minimum absolute atomic E-state index is 0.0485.